The smallest absolute Gasteiger partial charge is 0.120 e. The zero-order valence-electron chi connectivity index (χ0n) is 9.90. The summed E-state index contributed by atoms with van der Waals surface area (Å²) < 4.78 is 6.12. The fourth-order valence-electron chi connectivity index (χ4n) is 3.43. The topological polar surface area (TPSA) is 29.5 Å². The number of halogens is 1. The van der Waals surface area contributed by atoms with Crippen LogP contribution in [0.1, 0.15) is 30.9 Å². The standard InChI is InChI=1S/C14H17BrO2/c1-17-8-5-6-11(12(15)7-8)14(16)13-9-3-2-4-10(9)13/h5-7,9-10,13-14,16H,2-4H2,1H3. The Bertz CT molecular complexity index is 422. The zero-order valence-corrected chi connectivity index (χ0v) is 11.5. The fourth-order valence-corrected chi connectivity index (χ4v) is 4.02. The van der Waals surface area contributed by atoms with E-state index in [9.17, 15) is 5.11 Å². The summed E-state index contributed by atoms with van der Waals surface area (Å²) in [6.07, 6.45) is 3.65. The van der Waals surface area contributed by atoms with E-state index in [0.717, 1.165) is 27.6 Å². The monoisotopic (exact) mass is 296 g/mol. The summed E-state index contributed by atoms with van der Waals surface area (Å²) in [4.78, 5) is 0. The molecule has 0 aromatic heterocycles. The van der Waals surface area contributed by atoms with Crippen LogP contribution >= 0.6 is 15.9 Å². The number of methoxy groups -OCH3 is 1. The van der Waals surface area contributed by atoms with Gasteiger partial charge in [0.05, 0.1) is 13.2 Å². The number of aliphatic hydroxyl groups is 1. The van der Waals surface area contributed by atoms with Gasteiger partial charge in [0.2, 0.25) is 0 Å². The molecule has 3 atom stereocenters. The molecule has 0 bridgehead atoms. The lowest BCUT2D eigenvalue weighted by Gasteiger charge is -2.15. The molecule has 2 saturated carbocycles. The third-order valence-electron chi connectivity index (χ3n) is 4.36. The van der Waals surface area contributed by atoms with Gasteiger partial charge in [-0.05, 0) is 48.3 Å². The van der Waals surface area contributed by atoms with E-state index in [1.54, 1.807) is 7.11 Å². The number of hydrogen-bond donors (Lipinski definition) is 1. The van der Waals surface area contributed by atoms with Gasteiger partial charge in [0.1, 0.15) is 5.75 Å². The van der Waals surface area contributed by atoms with Crippen LogP contribution in [0.15, 0.2) is 22.7 Å². The van der Waals surface area contributed by atoms with Crippen molar-refractivity contribution in [1.82, 2.24) is 0 Å². The van der Waals surface area contributed by atoms with Crippen molar-refractivity contribution < 1.29 is 9.84 Å². The number of ether oxygens (including phenoxy) is 1. The molecule has 3 rings (SSSR count). The highest BCUT2D eigenvalue weighted by Gasteiger charge is 2.56. The summed E-state index contributed by atoms with van der Waals surface area (Å²) >= 11 is 3.52. The second kappa shape index (κ2) is 4.29. The Morgan fingerprint density at radius 2 is 2.06 bits per heavy atom. The van der Waals surface area contributed by atoms with E-state index in [-0.39, 0.29) is 6.10 Å². The van der Waals surface area contributed by atoms with E-state index in [0.29, 0.717) is 5.92 Å². The van der Waals surface area contributed by atoms with Crippen LogP contribution in [0, 0.1) is 17.8 Å². The molecule has 3 unspecified atom stereocenters. The summed E-state index contributed by atoms with van der Waals surface area (Å²) in [6.45, 7) is 0. The van der Waals surface area contributed by atoms with E-state index in [1.165, 1.54) is 19.3 Å². The molecule has 1 aromatic rings. The van der Waals surface area contributed by atoms with Crippen molar-refractivity contribution in [3.63, 3.8) is 0 Å². The van der Waals surface area contributed by atoms with Crippen molar-refractivity contribution in [2.24, 2.45) is 17.8 Å². The van der Waals surface area contributed by atoms with Gasteiger partial charge in [-0.15, -0.1) is 0 Å². The maximum atomic E-state index is 10.4. The molecule has 2 aliphatic carbocycles. The maximum absolute atomic E-state index is 10.4. The molecule has 92 valence electrons. The molecule has 17 heavy (non-hydrogen) atoms. The molecule has 0 amide bonds. The van der Waals surface area contributed by atoms with Crippen molar-refractivity contribution in [3.8, 4) is 5.75 Å². The van der Waals surface area contributed by atoms with Gasteiger partial charge in [-0.3, -0.25) is 0 Å². The lowest BCUT2D eigenvalue weighted by Crippen LogP contribution is -2.05. The number of fused-ring (bicyclic) bond motifs is 1. The minimum absolute atomic E-state index is 0.314. The Morgan fingerprint density at radius 1 is 1.35 bits per heavy atom. The highest BCUT2D eigenvalue weighted by atomic mass is 79.9. The largest absolute Gasteiger partial charge is 0.497 e. The molecule has 1 N–H and O–H groups in total. The van der Waals surface area contributed by atoms with Crippen LogP contribution in [0.25, 0.3) is 0 Å². The SMILES string of the molecule is COc1ccc(C(O)C2C3CCCC32)c(Br)c1. The molecule has 0 aliphatic heterocycles. The van der Waals surface area contributed by atoms with Gasteiger partial charge >= 0.3 is 0 Å². The first-order chi connectivity index (χ1) is 8.22. The minimum atomic E-state index is -0.314. The molecular weight excluding hydrogens is 280 g/mol. The minimum Gasteiger partial charge on any atom is -0.497 e. The Kier molecular flexibility index (Phi) is 2.91. The molecular formula is C14H17BrO2. The van der Waals surface area contributed by atoms with Crippen LogP contribution < -0.4 is 4.74 Å². The van der Waals surface area contributed by atoms with Crippen molar-refractivity contribution in [1.29, 1.82) is 0 Å². The average Bonchev–Trinajstić information content (AvgIpc) is 2.81. The quantitative estimate of drug-likeness (QED) is 0.924. The summed E-state index contributed by atoms with van der Waals surface area (Å²) in [7, 11) is 1.66. The van der Waals surface area contributed by atoms with Crippen molar-refractivity contribution >= 4 is 15.9 Å². The second-order valence-electron chi connectivity index (χ2n) is 5.17. The molecule has 2 fully saturated rings. The predicted octanol–water partition coefficient (Wildman–Crippen LogP) is 3.54. The predicted molar refractivity (Wildman–Crippen MR) is 70.0 cm³/mol. The van der Waals surface area contributed by atoms with Crippen LogP contribution in [-0.2, 0) is 0 Å². The lowest BCUT2D eigenvalue weighted by molar-refractivity contribution is 0.136. The first kappa shape index (κ1) is 11.5. The maximum Gasteiger partial charge on any atom is 0.120 e. The van der Waals surface area contributed by atoms with Gasteiger partial charge < -0.3 is 9.84 Å². The van der Waals surface area contributed by atoms with Crippen molar-refractivity contribution in [3.05, 3.63) is 28.2 Å². The highest BCUT2D eigenvalue weighted by molar-refractivity contribution is 9.10. The number of hydrogen-bond acceptors (Lipinski definition) is 2. The summed E-state index contributed by atoms with van der Waals surface area (Å²) in [6, 6.07) is 5.82. The fraction of sp³-hybridized carbons (Fsp3) is 0.571. The first-order valence-corrected chi connectivity index (χ1v) is 7.03. The van der Waals surface area contributed by atoms with Crippen LogP contribution in [0.5, 0.6) is 5.75 Å². The molecule has 0 saturated heterocycles. The van der Waals surface area contributed by atoms with Crippen LogP contribution in [-0.4, -0.2) is 12.2 Å². The Balaban J connectivity index is 1.80. The van der Waals surface area contributed by atoms with Crippen LogP contribution in [0.2, 0.25) is 0 Å². The second-order valence-corrected chi connectivity index (χ2v) is 6.02. The van der Waals surface area contributed by atoms with Gasteiger partial charge in [0, 0.05) is 4.47 Å². The lowest BCUT2D eigenvalue weighted by atomic mass is 9.99. The van der Waals surface area contributed by atoms with E-state index in [4.69, 9.17) is 4.74 Å². The molecule has 0 radical (unpaired) electrons. The van der Waals surface area contributed by atoms with Gasteiger partial charge in [0.25, 0.3) is 0 Å². The van der Waals surface area contributed by atoms with E-state index >= 15 is 0 Å². The third-order valence-corrected chi connectivity index (χ3v) is 5.05. The average molecular weight is 297 g/mol. The van der Waals surface area contributed by atoms with Crippen LogP contribution in [0.4, 0.5) is 0 Å². The summed E-state index contributed by atoms with van der Waals surface area (Å²) in [5.74, 6) is 2.87. The number of rotatable bonds is 3. The van der Waals surface area contributed by atoms with E-state index in [1.807, 2.05) is 18.2 Å². The van der Waals surface area contributed by atoms with Crippen molar-refractivity contribution in [2.45, 2.75) is 25.4 Å². The van der Waals surface area contributed by atoms with Crippen molar-refractivity contribution in [2.75, 3.05) is 7.11 Å². The summed E-state index contributed by atoms with van der Waals surface area (Å²) in [5, 5.41) is 10.4. The zero-order chi connectivity index (χ0) is 12.0. The Morgan fingerprint density at radius 3 is 2.65 bits per heavy atom. The molecule has 1 aromatic carbocycles. The highest BCUT2D eigenvalue weighted by Crippen LogP contribution is 2.62. The summed E-state index contributed by atoms with van der Waals surface area (Å²) in [5.41, 5.74) is 1.00. The number of benzene rings is 1. The van der Waals surface area contributed by atoms with Gasteiger partial charge in [0.15, 0.2) is 0 Å². The molecule has 2 nitrogen and oxygen atoms in total. The van der Waals surface area contributed by atoms with E-state index < -0.39 is 0 Å². The van der Waals surface area contributed by atoms with Crippen LogP contribution in [0.3, 0.4) is 0 Å². The van der Waals surface area contributed by atoms with Gasteiger partial charge in [-0.1, -0.05) is 28.4 Å². The Labute approximate surface area is 110 Å². The third kappa shape index (κ3) is 1.89. The molecule has 0 spiro atoms. The molecule has 3 heteroatoms. The van der Waals surface area contributed by atoms with Gasteiger partial charge in [-0.2, -0.15) is 0 Å². The number of aliphatic hydroxyl groups excluding tert-OH is 1. The Hall–Kier alpha value is -0.540. The molecule has 2 aliphatic rings. The first-order valence-electron chi connectivity index (χ1n) is 6.24. The van der Waals surface area contributed by atoms with Gasteiger partial charge in [-0.25, -0.2) is 0 Å². The normalized spacial score (nSPS) is 32.1. The van der Waals surface area contributed by atoms with E-state index in [2.05, 4.69) is 15.9 Å². The molecule has 0 heterocycles.